The molecule has 1 nitrogen and oxygen atoms in total. The number of hydrogen-bond donors (Lipinski definition) is 0. The molecular weight excluding hydrogens is 182 g/mol. The van der Waals surface area contributed by atoms with E-state index in [4.69, 9.17) is 11.6 Å². The molecule has 2 rings (SSSR count). The van der Waals surface area contributed by atoms with Crippen molar-refractivity contribution in [2.75, 3.05) is 19.6 Å². The van der Waals surface area contributed by atoms with Gasteiger partial charge in [0, 0.05) is 24.0 Å². The van der Waals surface area contributed by atoms with E-state index in [9.17, 15) is 0 Å². The monoisotopic (exact) mass is 195 g/mol. The van der Waals surface area contributed by atoms with Gasteiger partial charge in [-0.25, -0.2) is 0 Å². The molecule has 1 saturated heterocycles. The Morgan fingerprint density at radius 3 is 2.69 bits per heavy atom. The number of benzene rings is 1. The summed E-state index contributed by atoms with van der Waals surface area (Å²) in [6.45, 7) is 5.68. The summed E-state index contributed by atoms with van der Waals surface area (Å²) in [6.07, 6.45) is 0. The zero-order chi connectivity index (χ0) is 9.26. The van der Waals surface area contributed by atoms with Crippen LogP contribution in [0.15, 0.2) is 24.3 Å². The number of halogens is 1. The van der Waals surface area contributed by atoms with E-state index in [0.29, 0.717) is 5.92 Å². The van der Waals surface area contributed by atoms with Crippen LogP contribution in [0, 0.1) is 0 Å². The fraction of sp³-hybridized carbons (Fsp3) is 0.455. The Hall–Kier alpha value is -0.530. The molecule has 0 N–H and O–H groups in total. The lowest BCUT2D eigenvalue weighted by atomic mass is 9.91. The van der Waals surface area contributed by atoms with E-state index in [1.807, 2.05) is 12.1 Å². The first-order valence-corrected chi connectivity index (χ1v) is 5.16. The van der Waals surface area contributed by atoms with Gasteiger partial charge in [-0.1, -0.05) is 36.7 Å². The third-order valence-electron chi connectivity index (χ3n) is 2.75. The molecule has 1 aliphatic heterocycles. The Balaban J connectivity index is 2.07. The van der Waals surface area contributed by atoms with Gasteiger partial charge in [0.15, 0.2) is 0 Å². The molecule has 2 heteroatoms. The minimum atomic E-state index is 0.661. The van der Waals surface area contributed by atoms with Crippen molar-refractivity contribution < 1.29 is 0 Å². The van der Waals surface area contributed by atoms with E-state index in [1.54, 1.807) is 0 Å². The van der Waals surface area contributed by atoms with Crippen LogP contribution < -0.4 is 0 Å². The van der Waals surface area contributed by atoms with Gasteiger partial charge in [0.1, 0.15) is 0 Å². The molecule has 0 amide bonds. The Morgan fingerprint density at radius 2 is 2.08 bits per heavy atom. The molecule has 1 aromatic rings. The third-order valence-corrected chi connectivity index (χ3v) is 3.09. The van der Waals surface area contributed by atoms with Crippen molar-refractivity contribution in [3.63, 3.8) is 0 Å². The van der Waals surface area contributed by atoms with Crippen LogP contribution in [0.25, 0.3) is 0 Å². The van der Waals surface area contributed by atoms with Crippen molar-refractivity contribution in [1.82, 2.24) is 4.90 Å². The number of rotatable bonds is 2. The van der Waals surface area contributed by atoms with Gasteiger partial charge in [-0.05, 0) is 18.2 Å². The van der Waals surface area contributed by atoms with Crippen LogP contribution in [0.2, 0.25) is 5.02 Å². The van der Waals surface area contributed by atoms with Crippen LogP contribution in [-0.4, -0.2) is 24.5 Å². The Labute approximate surface area is 84.3 Å². The maximum absolute atomic E-state index is 6.10. The topological polar surface area (TPSA) is 3.24 Å². The quantitative estimate of drug-likeness (QED) is 0.702. The molecular formula is C11H14ClN. The molecule has 0 spiro atoms. The minimum absolute atomic E-state index is 0.661. The van der Waals surface area contributed by atoms with Gasteiger partial charge in [-0.3, -0.25) is 0 Å². The van der Waals surface area contributed by atoms with Crippen molar-refractivity contribution in [1.29, 1.82) is 0 Å². The predicted molar refractivity (Wildman–Crippen MR) is 56.3 cm³/mol. The van der Waals surface area contributed by atoms with Crippen molar-refractivity contribution in [2.24, 2.45) is 0 Å². The first-order chi connectivity index (χ1) is 6.31. The zero-order valence-corrected chi connectivity index (χ0v) is 8.59. The second kappa shape index (κ2) is 3.69. The molecule has 0 aromatic heterocycles. The SMILES string of the molecule is CCN1CC(c2ccccc2Cl)C1. The normalized spacial score (nSPS) is 18.6. The smallest absolute Gasteiger partial charge is 0.0441 e. The van der Waals surface area contributed by atoms with Crippen molar-refractivity contribution in [3.8, 4) is 0 Å². The largest absolute Gasteiger partial charge is 0.302 e. The van der Waals surface area contributed by atoms with Gasteiger partial charge < -0.3 is 4.90 Å². The fourth-order valence-corrected chi connectivity index (χ4v) is 2.12. The number of likely N-dealkylation sites (N-methyl/N-ethyl adjacent to an activating group) is 1. The molecule has 1 aliphatic rings. The summed E-state index contributed by atoms with van der Waals surface area (Å²) in [5.41, 5.74) is 1.31. The molecule has 70 valence electrons. The van der Waals surface area contributed by atoms with Crippen LogP contribution in [0.4, 0.5) is 0 Å². The van der Waals surface area contributed by atoms with Gasteiger partial charge in [-0.2, -0.15) is 0 Å². The Kier molecular flexibility index (Phi) is 2.56. The highest BCUT2D eigenvalue weighted by molar-refractivity contribution is 6.31. The predicted octanol–water partition coefficient (Wildman–Crippen LogP) is 2.76. The Bertz CT molecular complexity index is 292. The van der Waals surface area contributed by atoms with E-state index in [-0.39, 0.29) is 0 Å². The van der Waals surface area contributed by atoms with Gasteiger partial charge in [-0.15, -0.1) is 0 Å². The summed E-state index contributed by atoms with van der Waals surface area (Å²) in [6, 6.07) is 8.17. The first kappa shape index (κ1) is 9.04. The molecule has 1 heterocycles. The van der Waals surface area contributed by atoms with Gasteiger partial charge in [0.25, 0.3) is 0 Å². The maximum Gasteiger partial charge on any atom is 0.0441 e. The van der Waals surface area contributed by atoms with Gasteiger partial charge in [0.05, 0.1) is 0 Å². The average molecular weight is 196 g/mol. The van der Waals surface area contributed by atoms with Crippen molar-refractivity contribution in [3.05, 3.63) is 34.9 Å². The van der Waals surface area contributed by atoms with Crippen molar-refractivity contribution in [2.45, 2.75) is 12.8 Å². The molecule has 1 aromatic carbocycles. The molecule has 0 saturated carbocycles. The molecule has 0 radical (unpaired) electrons. The van der Waals surface area contributed by atoms with E-state index >= 15 is 0 Å². The average Bonchev–Trinajstić information content (AvgIpc) is 2.06. The van der Waals surface area contributed by atoms with Crippen LogP contribution in [-0.2, 0) is 0 Å². The van der Waals surface area contributed by atoms with Crippen molar-refractivity contribution >= 4 is 11.6 Å². The van der Waals surface area contributed by atoms with E-state index in [2.05, 4.69) is 24.0 Å². The summed E-state index contributed by atoms with van der Waals surface area (Å²) in [5.74, 6) is 0.661. The number of likely N-dealkylation sites (tertiary alicyclic amines) is 1. The molecule has 0 bridgehead atoms. The lowest BCUT2D eigenvalue weighted by molar-refractivity contribution is 0.157. The summed E-state index contributed by atoms with van der Waals surface area (Å²) in [4.78, 5) is 2.42. The van der Waals surface area contributed by atoms with Gasteiger partial charge >= 0.3 is 0 Å². The lowest BCUT2D eigenvalue weighted by Crippen LogP contribution is -2.44. The highest BCUT2D eigenvalue weighted by Gasteiger charge is 2.27. The van der Waals surface area contributed by atoms with Gasteiger partial charge in [0.2, 0.25) is 0 Å². The highest BCUT2D eigenvalue weighted by atomic mass is 35.5. The lowest BCUT2D eigenvalue weighted by Gasteiger charge is -2.39. The summed E-state index contributed by atoms with van der Waals surface area (Å²) < 4.78 is 0. The maximum atomic E-state index is 6.10. The van der Waals surface area contributed by atoms with Crippen LogP contribution in [0.1, 0.15) is 18.4 Å². The molecule has 13 heavy (non-hydrogen) atoms. The summed E-state index contributed by atoms with van der Waals surface area (Å²) in [5, 5.41) is 0.920. The second-order valence-corrected chi connectivity index (χ2v) is 3.98. The number of nitrogens with zero attached hydrogens (tertiary/aromatic N) is 1. The van der Waals surface area contributed by atoms with Crippen LogP contribution in [0.5, 0.6) is 0 Å². The van der Waals surface area contributed by atoms with Crippen LogP contribution >= 0.6 is 11.6 Å². The zero-order valence-electron chi connectivity index (χ0n) is 7.83. The highest BCUT2D eigenvalue weighted by Crippen LogP contribution is 2.31. The summed E-state index contributed by atoms with van der Waals surface area (Å²) >= 11 is 6.10. The molecule has 1 fully saturated rings. The third kappa shape index (κ3) is 1.72. The summed E-state index contributed by atoms with van der Waals surface area (Å²) in [7, 11) is 0. The van der Waals surface area contributed by atoms with Crippen LogP contribution in [0.3, 0.4) is 0 Å². The first-order valence-electron chi connectivity index (χ1n) is 4.78. The molecule has 0 aliphatic carbocycles. The van der Waals surface area contributed by atoms with E-state index < -0.39 is 0 Å². The molecule has 0 unspecified atom stereocenters. The molecule has 0 atom stereocenters. The number of hydrogen-bond acceptors (Lipinski definition) is 1. The minimum Gasteiger partial charge on any atom is -0.302 e. The standard InChI is InChI=1S/C11H14ClN/c1-2-13-7-9(8-13)10-5-3-4-6-11(10)12/h3-6,9H,2,7-8H2,1H3. The van der Waals surface area contributed by atoms with E-state index in [0.717, 1.165) is 11.6 Å². The second-order valence-electron chi connectivity index (χ2n) is 3.57. The Morgan fingerprint density at radius 1 is 1.38 bits per heavy atom. The van der Waals surface area contributed by atoms with E-state index in [1.165, 1.54) is 18.7 Å². The fourth-order valence-electron chi connectivity index (χ4n) is 1.83.